The average Bonchev–Trinajstić information content (AvgIpc) is 2.39. The van der Waals surface area contributed by atoms with Gasteiger partial charge in [0.1, 0.15) is 17.3 Å². The van der Waals surface area contributed by atoms with E-state index >= 15 is 0 Å². The van der Waals surface area contributed by atoms with Crippen molar-refractivity contribution in [1.82, 2.24) is 15.3 Å². The molecule has 2 heterocycles. The molecule has 0 unspecified atom stereocenters. The number of aliphatic hydroxyl groups excluding tert-OH is 1. The Labute approximate surface area is 107 Å². The Balaban J connectivity index is 2.18. The average molecular weight is 246 g/mol. The lowest BCUT2D eigenvalue weighted by Gasteiger charge is -2.28. The number of aryl methyl sites for hydroxylation is 1. The quantitative estimate of drug-likeness (QED) is 0.715. The Hall–Kier alpha value is -1.64. The summed E-state index contributed by atoms with van der Waals surface area (Å²) in [4.78, 5) is 11.0. The van der Waals surface area contributed by atoms with Crippen molar-refractivity contribution in [3.63, 3.8) is 0 Å². The molecule has 2 rings (SSSR count). The van der Waals surface area contributed by atoms with E-state index in [-0.39, 0.29) is 6.61 Å². The van der Waals surface area contributed by atoms with Crippen molar-refractivity contribution in [2.24, 2.45) is 0 Å². The highest BCUT2D eigenvalue weighted by molar-refractivity contribution is 5.44. The zero-order valence-electron chi connectivity index (χ0n) is 10.6. The molecule has 5 heteroatoms. The van der Waals surface area contributed by atoms with Gasteiger partial charge in [0.05, 0.1) is 6.61 Å². The second-order valence-electron chi connectivity index (χ2n) is 4.17. The van der Waals surface area contributed by atoms with Gasteiger partial charge in [-0.3, -0.25) is 0 Å². The molecule has 0 saturated carbocycles. The van der Waals surface area contributed by atoms with Crippen molar-refractivity contribution in [3.8, 4) is 11.8 Å². The molecule has 0 aliphatic carbocycles. The van der Waals surface area contributed by atoms with Crippen LogP contribution in [0, 0.1) is 18.8 Å². The Morgan fingerprint density at radius 1 is 1.39 bits per heavy atom. The van der Waals surface area contributed by atoms with Crippen LogP contribution >= 0.6 is 0 Å². The van der Waals surface area contributed by atoms with Gasteiger partial charge in [0.15, 0.2) is 0 Å². The summed E-state index contributed by atoms with van der Waals surface area (Å²) in [5, 5.41) is 12.0. The highest BCUT2D eigenvalue weighted by Crippen LogP contribution is 2.12. The van der Waals surface area contributed by atoms with Crippen LogP contribution in [0.1, 0.15) is 17.9 Å². The molecule has 1 fully saturated rings. The maximum Gasteiger partial charge on any atom is 0.133 e. The molecular weight excluding hydrogens is 228 g/mol. The molecule has 2 N–H and O–H groups in total. The zero-order valence-corrected chi connectivity index (χ0v) is 10.6. The first kappa shape index (κ1) is 12.8. The van der Waals surface area contributed by atoms with E-state index in [0.29, 0.717) is 6.42 Å². The van der Waals surface area contributed by atoms with Gasteiger partial charge in [0.25, 0.3) is 0 Å². The molecule has 0 spiro atoms. The molecule has 1 aromatic rings. The van der Waals surface area contributed by atoms with Gasteiger partial charge in [-0.1, -0.05) is 5.92 Å². The number of piperazine rings is 1. The lowest BCUT2D eigenvalue weighted by molar-refractivity contribution is 0.305. The number of aromatic nitrogens is 2. The predicted octanol–water partition coefficient (Wildman–Crippen LogP) is -0.0715. The first-order valence-corrected chi connectivity index (χ1v) is 6.20. The smallest absolute Gasteiger partial charge is 0.133 e. The van der Waals surface area contributed by atoms with Gasteiger partial charge in [-0.15, -0.1) is 0 Å². The largest absolute Gasteiger partial charge is 0.395 e. The summed E-state index contributed by atoms with van der Waals surface area (Å²) in [6, 6.07) is 1.92. The van der Waals surface area contributed by atoms with Crippen molar-refractivity contribution < 1.29 is 5.11 Å². The van der Waals surface area contributed by atoms with Crippen LogP contribution in [0.2, 0.25) is 0 Å². The van der Waals surface area contributed by atoms with Crippen molar-refractivity contribution >= 4 is 5.82 Å². The normalized spacial score (nSPS) is 15.1. The van der Waals surface area contributed by atoms with Gasteiger partial charge < -0.3 is 15.3 Å². The van der Waals surface area contributed by atoms with Crippen LogP contribution in [-0.4, -0.2) is 47.9 Å². The fourth-order valence-electron chi connectivity index (χ4n) is 1.88. The number of nitrogens with one attached hydrogen (secondary N) is 1. The molecule has 5 nitrogen and oxygen atoms in total. The summed E-state index contributed by atoms with van der Waals surface area (Å²) >= 11 is 0. The third-order valence-electron chi connectivity index (χ3n) is 2.72. The first-order valence-electron chi connectivity index (χ1n) is 6.20. The molecule has 1 aromatic heterocycles. The number of nitrogens with zero attached hydrogens (tertiary/aromatic N) is 3. The Morgan fingerprint density at radius 2 is 2.17 bits per heavy atom. The minimum Gasteiger partial charge on any atom is -0.395 e. The Kier molecular flexibility index (Phi) is 4.51. The van der Waals surface area contributed by atoms with Crippen molar-refractivity contribution in [3.05, 3.63) is 17.6 Å². The molecule has 18 heavy (non-hydrogen) atoms. The molecule has 1 aliphatic heterocycles. The SMILES string of the molecule is Cc1nc(C#CCCO)cc(N2CCNCC2)n1. The maximum absolute atomic E-state index is 8.71. The van der Waals surface area contributed by atoms with Crippen LogP contribution in [-0.2, 0) is 0 Å². The van der Waals surface area contributed by atoms with E-state index in [1.807, 2.05) is 13.0 Å². The monoisotopic (exact) mass is 246 g/mol. The Bertz CT molecular complexity index is 458. The fourth-order valence-corrected chi connectivity index (χ4v) is 1.88. The highest BCUT2D eigenvalue weighted by atomic mass is 16.2. The molecule has 0 aromatic carbocycles. The van der Waals surface area contributed by atoms with Crippen molar-refractivity contribution in [2.75, 3.05) is 37.7 Å². The van der Waals surface area contributed by atoms with Crippen LogP contribution in [0.5, 0.6) is 0 Å². The summed E-state index contributed by atoms with van der Waals surface area (Å²) in [6.07, 6.45) is 0.478. The fraction of sp³-hybridized carbons (Fsp3) is 0.538. The topological polar surface area (TPSA) is 61.3 Å². The Morgan fingerprint density at radius 3 is 2.89 bits per heavy atom. The molecule has 0 radical (unpaired) electrons. The standard InChI is InChI=1S/C13H18N4O/c1-11-15-12(4-2-3-9-18)10-13(16-11)17-7-5-14-6-8-17/h10,14,18H,3,5-9H2,1H3. The lowest BCUT2D eigenvalue weighted by atomic mass is 10.3. The van der Waals surface area contributed by atoms with Crippen LogP contribution in [0.4, 0.5) is 5.82 Å². The van der Waals surface area contributed by atoms with Crippen LogP contribution in [0.25, 0.3) is 0 Å². The summed E-state index contributed by atoms with van der Waals surface area (Å²) in [6.45, 7) is 5.84. The predicted molar refractivity (Wildman–Crippen MR) is 70.4 cm³/mol. The molecule has 0 bridgehead atoms. The summed E-state index contributed by atoms with van der Waals surface area (Å²) in [5.74, 6) is 7.53. The van der Waals surface area contributed by atoms with E-state index in [2.05, 4.69) is 32.0 Å². The number of hydrogen-bond donors (Lipinski definition) is 2. The second kappa shape index (κ2) is 6.34. The van der Waals surface area contributed by atoms with Gasteiger partial charge in [0.2, 0.25) is 0 Å². The molecule has 1 aliphatic rings. The third kappa shape index (κ3) is 3.42. The highest BCUT2D eigenvalue weighted by Gasteiger charge is 2.12. The zero-order chi connectivity index (χ0) is 12.8. The van der Waals surface area contributed by atoms with Crippen LogP contribution in [0.15, 0.2) is 6.07 Å². The van der Waals surface area contributed by atoms with E-state index in [1.165, 1.54) is 0 Å². The van der Waals surface area contributed by atoms with Gasteiger partial charge >= 0.3 is 0 Å². The summed E-state index contributed by atoms with van der Waals surface area (Å²) in [7, 11) is 0. The van der Waals surface area contributed by atoms with E-state index in [1.54, 1.807) is 0 Å². The molecule has 0 atom stereocenters. The number of anilines is 1. The van der Waals surface area contributed by atoms with Crippen LogP contribution < -0.4 is 10.2 Å². The van der Waals surface area contributed by atoms with E-state index in [4.69, 9.17) is 5.11 Å². The van der Waals surface area contributed by atoms with E-state index < -0.39 is 0 Å². The molecule has 96 valence electrons. The van der Waals surface area contributed by atoms with Crippen molar-refractivity contribution in [2.45, 2.75) is 13.3 Å². The van der Waals surface area contributed by atoms with Gasteiger partial charge in [-0.05, 0) is 12.8 Å². The molecular formula is C13H18N4O. The molecule has 0 amide bonds. The minimum atomic E-state index is 0.0850. The minimum absolute atomic E-state index is 0.0850. The third-order valence-corrected chi connectivity index (χ3v) is 2.72. The number of aliphatic hydroxyl groups is 1. The molecule has 1 saturated heterocycles. The van der Waals surface area contributed by atoms with E-state index in [9.17, 15) is 0 Å². The maximum atomic E-state index is 8.71. The first-order chi connectivity index (χ1) is 8.79. The van der Waals surface area contributed by atoms with E-state index in [0.717, 1.165) is 43.5 Å². The number of rotatable bonds is 2. The van der Waals surface area contributed by atoms with Gasteiger partial charge in [0, 0.05) is 38.7 Å². The second-order valence-corrected chi connectivity index (χ2v) is 4.17. The van der Waals surface area contributed by atoms with Gasteiger partial charge in [-0.2, -0.15) is 0 Å². The number of hydrogen-bond acceptors (Lipinski definition) is 5. The summed E-state index contributed by atoms with van der Waals surface area (Å²) in [5.41, 5.74) is 0.726. The van der Waals surface area contributed by atoms with Gasteiger partial charge in [-0.25, -0.2) is 9.97 Å². The van der Waals surface area contributed by atoms with Crippen LogP contribution in [0.3, 0.4) is 0 Å². The summed E-state index contributed by atoms with van der Waals surface area (Å²) < 4.78 is 0. The lowest BCUT2D eigenvalue weighted by Crippen LogP contribution is -2.44. The van der Waals surface area contributed by atoms with Crippen molar-refractivity contribution in [1.29, 1.82) is 0 Å².